The van der Waals surface area contributed by atoms with Crippen LogP contribution in [0, 0.1) is 5.41 Å². The smallest absolute Gasteiger partial charge is 0.0721 e. The Balaban J connectivity index is 3.11. The minimum absolute atomic E-state index is 0.844. The zero-order chi connectivity index (χ0) is 8.10. The van der Waals surface area contributed by atoms with Gasteiger partial charge in [0.1, 0.15) is 0 Å². The topological polar surface area (TPSA) is 36.7 Å². The van der Waals surface area contributed by atoms with E-state index in [0.29, 0.717) is 0 Å². The van der Waals surface area contributed by atoms with Crippen LogP contribution in [-0.2, 0) is 0 Å². The molecule has 0 saturated heterocycles. The Bertz CT molecular complexity index is 281. The van der Waals surface area contributed by atoms with Gasteiger partial charge in [0, 0.05) is 18.0 Å². The minimum atomic E-state index is 0.844. The zero-order valence-electron chi connectivity index (χ0n) is 5.79. The van der Waals surface area contributed by atoms with Crippen LogP contribution in [0.1, 0.15) is 11.3 Å². The molecule has 1 heterocycles. The Morgan fingerprint density at radius 1 is 1.55 bits per heavy atom. The molecule has 0 unspecified atom stereocenters. The summed E-state index contributed by atoms with van der Waals surface area (Å²) in [7, 11) is 0. The first-order chi connectivity index (χ1) is 5.38. The fraction of sp³-hybridized carbons (Fsp3) is 0. The third-order valence-corrected chi connectivity index (χ3v) is 1.61. The summed E-state index contributed by atoms with van der Waals surface area (Å²) in [6.07, 6.45) is 4.90. The van der Waals surface area contributed by atoms with E-state index in [1.54, 1.807) is 6.20 Å². The summed E-state index contributed by atoms with van der Waals surface area (Å²) in [4.78, 5) is 4.10. The summed E-state index contributed by atoms with van der Waals surface area (Å²) in [5.41, 5.74) is 1.69. The van der Waals surface area contributed by atoms with Crippen molar-refractivity contribution in [3.8, 4) is 0 Å². The third-order valence-electron chi connectivity index (χ3n) is 1.25. The quantitative estimate of drug-likeness (QED) is 0.642. The monoisotopic (exact) mass is 258 g/mol. The molecule has 0 aliphatic rings. The van der Waals surface area contributed by atoms with Crippen molar-refractivity contribution >= 4 is 34.9 Å². The lowest BCUT2D eigenvalue weighted by Crippen LogP contribution is -1.87. The number of hydrogen-bond acceptors (Lipinski definition) is 2. The highest BCUT2D eigenvalue weighted by Gasteiger charge is 1.93. The van der Waals surface area contributed by atoms with Gasteiger partial charge in [-0.15, -0.1) is 0 Å². The second-order valence-electron chi connectivity index (χ2n) is 1.91. The molecule has 3 heteroatoms. The maximum absolute atomic E-state index is 7.06. The molecule has 0 saturated carbocycles. The van der Waals surface area contributed by atoms with Crippen LogP contribution in [0.4, 0.5) is 0 Å². The van der Waals surface area contributed by atoms with Gasteiger partial charge in [-0.3, -0.25) is 4.98 Å². The van der Waals surface area contributed by atoms with Gasteiger partial charge in [0.15, 0.2) is 0 Å². The molecule has 0 atom stereocenters. The van der Waals surface area contributed by atoms with Crippen LogP contribution in [0.2, 0.25) is 0 Å². The van der Waals surface area contributed by atoms with Gasteiger partial charge >= 0.3 is 0 Å². The fourth-order valence-electron chi connectivity index (χ4n) is 0.751. The maximum Gasteiger partial charge on any atom is 0.0721 e. The van der Waals surface area contributed by atoms with Gasteiger partial charge in [0.25, 0.3) is 0 Å². The maximum atomic E-state index is 7.06. The van der Waals surface area contributed by atoms with Crippen LogP contribution in [0.3, 0.4) is 0 Å². The Hall–Kier alpha value is -0.710. The van der Waals surface area contributed by atoms with Crippen molar-refractivity contribution < 1.29 is 0 Å². The van der Waals surface area contributed by atoms with E-state index < -0.39 is 0 Å². The number of nitrogens with zero attached hydrogens (tertiary/aromatic N) is 1. The van der Waals surface area contributed by atoms with Gasteiger partial charge in [-0.05, 0) is 22.3 Å². The molecular formula is C8H7IN2. The first-order valence-electron chi connectivity index (χ1n) is 3.10. The van der Waals surface area contributed by atoms with Crippen molar-refractivity contribution in [2.24, 2.45) is 0 Å². The Kier molecular flexibility index (Phi) is 3.22. The number of halogens is 1. The minimum Gasteiger partial charge on any atom is -0.308 e. The summed E-state index contributed by atoms with van der Waals surface area (Å²) in [5.74, 6) is 0. The molecule has 1 aromatic rings. The van der Waals surface area contributed by atoms with E-state index in [2.05, 4.69) is 27.6 Å². The molecule has 0 amide bonds. The highest BCUT2D eigenvalue weighted by atomic mass is 127. The second kappa shape index (κ2) is 4.23. The highest BCUT2D eigenvalue weighted by Crippen LogP contribution is 2.05. The first-order valence-corrected chi connectivity index (χ1v) is 4.35. The number of aromatic nitrogens is 1. The van der Waals surface area contributed by atoms with E-state index in [4.69, 9.17) is 5.41 Å². The van der Waals surface area contributed by atoms with Crippen LogP contribution < -0.4 is 0 Å². The molecule has 11 heavy (non-hydrogen) atoms. The Morgan fingerprint density at radius 2 is 2.36 bits per heavy atom. The molecule has 1 rings (SSSR count). The molecule has 0 aliphatic heterocycles. The molecule has 0 fully saturated rings. The molecular weight excluding hydrogens is 251 g/mol. The normalized spacial score (nSPS) is 10.3. The fourth-order valence-corrected chi connectivity index (χ4v) is 1.09. The van der Waals surface area contributed by atoms with Crippen LogP contribution in [0.25, 0.3) is 6.08 Å². The van der Waals surface area contributed by atoms with Crippen LogP contribution >= 0.6 is 22.6 Å². The lowest BCUT2D eigenvalue weighted by atomic mass is 10.2. The standard InChI is InChI=1S/C8H7IN2/c9-4-3-8-7(6-10)2-1-5-11-8/h1-6,10H/b4-3-,10-6?. The van der Waals surface area contributed by atoms with Crippen molar-refractivity contribution in [1.29, 1.82) is 5.41 Å². The molecule has 2 nitrogen and oxygen atoms in total. The second-order valence-corrected chi connectivity index (χ2v) is 2.63. The number of nitrogens with one attached hydrogen (secondary N) is 1. The molecule has 0 aromatic carbocycles. The highest BCUT2D eigenvalue weighted by molar-refractivity contribution is 14.1. The van der Waals surface area contributed by atoms with E-state index in [9.17, 15) is 0 Å². The Morgan fingerprint density at radius 3 is 3.00 bits per heavy atom. The largest absolute Gasteiger partial charge is 0.308 e. The number of rotatable bonds is 2. The summed E-state index contributed by atoms with van der Waals surface area (Å²) >= 11 is 2.13. The van der Waals surface area contributed by atoms with Gasteiger partial charge < -0.3 is 5.41 Å². The lowest BCUT2D eigenvalue weighted by molar-refractivity contribution is 1.28. The van der Waals surface area contributed by atoms with Crippen molar-refractivity contribution in [3.63, 3.8) is 0 Å². The van der Waals surface area contributed by atoms with Crippen LogP contribution in [-0.4, -0.2) is 11.2 Å². The van der Waals surface area contributed by atoms with Crippen molar-refractivity contribution in [2.75, 3.05) is 0 Å². The number of hydrogen-bond donors (Lipinski definition) is 1. The molecule has 0 aliphatic carbocycles. The molecule has 1 aromatic heterocycles. The molecule has 0 radical (unpaired) electrons. The van der Waals surface area contributed by atoms with Crippen molar-refractivity contribution in [1.82, 2.24) is 4.98 Å². The van der Waals surface area contributed by atoms with E-state index >= 15 is 0 Å². The average Bonchev–Trinajstić information content (AvgIpc) is 2.06. The summed E-state index contributed by atoms with van der Waals surface area (Å²) < 4.78 is 1.88. The zero-order valence-corrected chi connectivity index (χ0v) is 7.95. The summed E-state index contributed by atoms with van der Waals surface area (Å²) in [6.45, 7) is 0. The SMILES string of the molecule is N=Cc1cccnc1/C=C\I. The predicted molar refractivity (Wildman–Crippen MR) is 55.2 cm³/mol. The first kappa shape index (κ1) is 8.39. The summed E-state index contributed by atoms with van der Waals surface area (Å²) in [6, 6.07) is 3.69. The average molecular weight is 258 g/mol. The van der Waals surface area contributed by atoms with E-state index in [1.165, 1.54) is 6.21 Å². The van der Waals surface area contributed by atoms with Crippen molar-refractivity contribution in [3.05, 3.63) is 33.7 Å². The molecule has 1 N–H and O–H groups in total. The van der Waals surface area contributed by atoms with Gasteiger partial charge in [-0.1, -0.05) is 22.6 Å². The molecule has 0 bridgehead atoms. The third kappa shape index (κ3) is 2.11. The van der Waals surface area contributed by atoms with E-state index in [0.717, 1.165) is 11.3 Å². The lowest BCUT2D eigenvalue weighted by Gasteiger charge is -1.95. The van der Waals surface area contributed by atoms with Crippen LogP contribution in [0.5, 0.6) is 0 Å². The van der Waals surface area contributed by atoms with E-state index in [-0.39, 0.29) is 0 Å². The van der Waals surface area contributed by atoms with Gasteiger partial charge in [-0.25, -0.2) is 0 Å². The van der Waals surface area contributed by atoms with E-state index in [1.807, 2.05) is 22.3 Å². The number of pyridine rings is 1. The predicted octanol–water partition coefficient (Wildman–Crippen LogP) is 2.48. The Labute approximate surface area is 79.0 Å². The summed E-state index contributed by atoms with van der Waals surface area (Å²) in [5, 5.41) is 7.06. The van der Waals surface area contributed by atoms with Crippen molar-refractivity contribution in [2.45, 2.75) is 0 Å². The van der Waals surface area contributed by atoms with Gasteiger partial charge in [0.05, 0.1) is 5.69 Å². The van der Waals surface area contributed by atoms with Crippen LogP contribution in [0.15, 0.2) is 22.4 Å². The van der Waals surface area contributed by atoms with Gasteiger partial charge in [0.2, 0.25) is 0 Å². The molecule has 0 spiro atoms. The van der Waals surface area contributed by atoms with Gasteiger partial charge in [-0.2, -0.15) is 0 Å². The molecule has 56 valence electrons.